The van der Waals surface area contributed by atoms with E-state index in [1.807, 2.05) is 0 Å². The summed E-state index contributed by atoms with van der Waals surface area (Å²) in [6.07, 6.45) is -0.687. The predicted molar refractivity (Wildman–Crippen MR) is 95.2 cm³/mol. The molecule has 0 aliphatic carbocycles. The van der Waals surface area contributed by atoms with Gasteiger partial charge >= 0.3 is 6.03 Å². The normalized spacial score (nSPS) is 16.1. The van der Waals surface area contributed by atoms with Crippen molar-refractivity contribution in [3.05, 3.63) is 12.1 Å². The minimum atomic E-state index is -0.687. The van der Waals surface area contributed by atoms with Crippen LogP contribution < -0.4 is 24.7 Å². The van der Waals surface area contributed by atoms with E-state index in [0.717, 1.165) is 0 Å². The highest BCUT2D eigenvalue weighted by atomic mass is 16.5. The second-order valence-corrected chi connectivity index (χ2v) is 5.92. The third-order valence-electron chi connectivity index (χ3n) is 4.25. The molecule has 9 nitrogen and oxygen atoms in total. The maximum Gasteiger partial charge on any atom is 0.314 e. The molecule has 2 amide bonds. The number of rotatable bonds is 8. The number of nitrogens with two attached hydrogens (primary N) is 1. The number of carbonyl (C=O) groups is 1. The van der Waals surface area contributed by atoms with Gasteiger partial charge in [-0.15, -0.1) is 0 Å². The van der Waals surface area contributed by atoms with Crippen LogP contribution in [0.3, 0.4) is 0 Å². The minimum absolute atomic E-state index is 0.0991. The molecule has 0 spiro atoms. The summed E-state index contributed by atoms with van der Waals surface area (Å²) in [5.41, 5.74) is 5.27. The van der Waals surface area contributed by atoms with Crippen LogP contribution in [0.1, 0.15) is 0 Å². The van der Waals surface area contributed by atoms with Crippen molar-refractivity contribution in [3.8, 4) is 23.0 Å². The number of aliphatic hydroxyl groups excluding tert-OH is 1. The molecule has 9 heteroatoms. The number of piperazine rings is 1. The Morgan fingerprint density at radius 1 is 1.08 bits per heavy atom. The van der Waals surface area contributed by atoms with Gasteiger partial charge in [0.15, 0.2) is 11.5 Å². The molecule has 3 N–H and O–H groups in total. The molecule has 146 valence electrons. The van der Waals surface area contributed by atoms with Crippen molar-refractivity contribution in [1.29, 1.82) is 0 Å². The number of primary amides is 1. The average Bonchev–Trinajstić information content (AvgIpc) is 2.65. The number of nitrogens with zero attached hydrogens (tertiary/aromatic N) is 2. The lowest BCUT2D eigenvalue weighted by molar-refractivity contribution is 0.0514. The molecule has 0 radical (unpaired) electrons. The van der Waals surface area contributed by atoms with Gasteiger partial charge in [-0.3, -0.25) is 4.90 Å². The zero-order valence-electron chi connectivity index (χ0n) is 15.4. The van der Waals surface area contributed by atoms with Crippen LogP contribution in [0, 0.1) is 0 Å². The number of benzene rings is 1. The van der Waals surface area contributed by atoms with E-state index in [9.17, 15) is 9.90 Å². The summed E-state index contributed by atoms with van der Waals surface area (Å²) in [5.74, 6) is 1.84. The Morgan fingerprint density at radius 3 is 2.19 bits per heavy atom. The largest absolute Gasteiger partial charge is 0.493 e. The number of ether oxygens (including phenoxy) is 4. The van der Waals surface area contributed by atoms with Gasteiger partial charge in [-0.1, -0.05) is 0 Å². The zero-order valence-corrected chi connectivity index (χ0v) is 15.4. The molecule has 0 aromatic heterocycles. The molecule has 1 fully saturated rings. The summed E-state index contributed by atoms with van der Waals surface area (Å²) in [6.45, 7) is 3.00. The highest BCUT2D eigenvalue weighted by molar-refractivity contribution is 5.72. The molecule has 1 unspecified atom stereocenters. The second-order valence-electron chi connectivity index (χ2n) is 5.92. The number of methoxy groups -OCH3 is 3. The molecule has 1 aromatic carbocycles. The number of carbonyl (C=O) groups excluding carboxylic acids is 1. The molecular formula is C17H27N3O6. The first-order chi connectivity index (χ1) is 12.5. The Morgan fingerprint density at radius 2 is 1.65 bits per heavy atom. The third-order valence-corrected chi connectivity index (χ3v) is 4.25. The quantitative estimate of drug-likeness (QED) is 0.672. The third kappa shape index (κ3) is 4.83. The Balaban J connectivity index is 1.89. The average molecular weight is 369 g/mol. The predicted octanol–water partition coefficient (Wildman–Crippen LogP) is 0.148. The fraction of sp³-hybridized carbons (Fsp3) is 0.588. The van der Waals surface area contributed by atoms with Gasteiger partial charge in [0, 0.05) is 32.7 Å². The van der Waals surface area contributed by atoms with Crippen LogP contribution in [0.4, 0.5) is 4.79 Å². The Bertz CT molecular complexity index is 604. The van der Waals surface area contributed by atoms with E-state index in [4.69, 9.17) is 24.7 Å². The lowest BCUT2D eigenvalue weighted by Crippen LogP contribution is -2.52. The zero-order chi connectivity index (χ0) is 19.1. The van der Waals surface area contributed by atoms with E-state index in [-0.39, 0.29) is 6.61 Å². The molecule has 2 rings (SSSR count). The number of amides is 2. The van der Waals surface area contributed by atoms with Crippen molar-refractivity contribution in [2.75, 3.05) is 60.7 Å². The van der Waals surface area contributed by atoms with Crippen molar-refractivity contribution in [3.63, 3.8) is 0 Å². The van der Waals surface area contributed by atoms with Crippen LogP contribution in [0.15, 0.2) is 12.1 Å². The molecule has 0 saturated carbocycles. The topological polar surface area (TPSA) is 107 Å². The number of aliphatic hydroxyl groups is 1. The first kappa shape index (κ1) is 19.9. The summed E-state index contributed by atoms with van der Waals surface area (Å²) in [4.78, 5) is 14.8. The van der Waals surface area contributed by atoms with Crippen molar-refractivity contribution >= 4 is 6.03 Å². The molecule has 1 aliphatic rings. The van der Waals surface area contributed by atoms with Gasteiger partial charge in [-0.2, -0.15) is 0 Å². The van der Waals surface area contributed by atoms with Crippen LogP contribution in [0.25, 0.3) is 0 Å². The Hall–Kier alpha value is -2.39. The number of hydrogen-bond acceptors (Lipinski definition) is 7. The van der Waals surface area contributed by atoms with Crippen molar-refractivity contribution < 1.29 is 28.8 Å². The molecule has 1 aliphatic heterocycles. The van der Waals surface area contributed by atoms with Gasteiger partial charge in [-0.25, -0.2) is 4.79 Å². The van der Waals surface area contributed by atoms with E-state index in [2.05, 4.69) is 4.90 Å². The highest BCUT2D eigenvalue weighted by Gasteiger charge is 2.22. The van der Waals surface area contributed by atoms with Gasteiger partial charge < -0.3 is 34.7 Å². The van der Waals surface area contributed by atoms with Crippen molar-refractivity contribution in [1.82, 2.24) is 9.80 Å². The maximum absolute atomic E-state index is 11.1. The van der Waals surface area contributed by atoms with Gasteiger partial charge in [0.25, 0.3) is 0 Å². The lowest BCUT2D eigenvalue weighted by atomic mass is 10.2. The van der Waals surface area contributed by atoms with E-state index >= 15 is 0 Å². The smallest absolute Gasteiger partial charge is 0.314 e. The number of urea groups is 1. The standard InChI is InChI=1S/C17H27N3O6/c1-23-13-4-5-14(16(25-3)15(13)24-2)26-11-12(21)10-19-6-8-20(9-7-19)17(18)22/h4-5,12,21H,6-11H2,1-3H3,(H2,18,22). The fourth-order valence-electron chi connectivity index (χ4n) is 2.88. The van der Waals surface area contributed by atoms with Crippen LogP contribution >= 0.6 is 0 Å². The van der Waals surface area contributed by atoms with Gasteiger partial charge in [0.05, 0.1) is 21.3 Å². The molecular weight excluding hydrogens is 342 g/mol. The molecule has 1 saturated heterocycles. The van der Waals surface area contributed by atoms with E-state index < -0.39 is 12.1 Å². The highest BCUT2D eigenvalue weighted by Crippen LogP contribution is 2.43. The van der Waals surface area contributed by atoms with Gasteiger partial charge in [0.1, 0.15) is 12.7 Å². The number of hydrogen-bond donors (Lipinski definition) is 2. The summed E-state index contributed by atoms with van der Waals surface area (Å²) >= 11 is 0. The van der Waals surface area contributed by atoms with E-state index in [1.54, 1.807) is 24.1 Å². The van der Waals surface area contributed by atoms with Crippen molar-refractivity contribution in [2.45, 2.75) is 6.10 Å². The van der Waals surface area contributed by atoms with Crippen LogP contribution in [-0.2, 0) is 0 Å². The fourth-order valence-corrected chi connectivity index (χ4v) is 2.88. The summed E-state index contributed by atoms with van der Waals surface area (Å²) < 4.78 is 21.6. The molecule has 1 aromatic rings. The van der Waals surface area contributed by atoms with Crippen LogP contribution in [-0.4, -0.2) is 87.7 Å². The van der Waals surface area contributed by atoms with Gasteiger partial charge in [-0.05, 0) is 12.1 Å². The first-order valence-electron chi connectivity index (χ1n) is 8.36. The summed E-state index contributed by atoms with van der Waals surface area (Å²) in [7, 11) is 4.57. The number of β-amino-alcohol motifs (C(OH)–C–C–N with tert-alkyl or cyclic N) is 1. The monoisotopic (exact) mass is 369 g/mol. The minimum Gasteiger partial charge on any atom is -0.493 e. The van der Waals surface area contributed by atoms with E-state index in [0.29, 0.717) is 55.7 Å². The molecule has 1 atom stereocenters. The van der Waals surface area contributed by atoms with Gasteiger partial charge in [0.2, 0.25) is 11.5 Å². The molecule has 1 heterocycles. The second kappa shape index (κ2) is 9.35. The maximum atomic E-state index is 11.1. The SMILES string of the molecule is COc1ccc(OCC(O)CN2CCN(C(N)=O)CC2)c(OC)c1OC. The first-order valence-corrected chi connectivity index (χ1v) is 8.36. The summed E-state index contributed by atoms with van der Waals surface area (Å²) in [6, 6.07) is 3.01. The Labute approximate surface area is 153 Å². The van der Waals surface area contributed by atoms with Crippen LogP contribution in [0.5, 0.6) is 23.0 Å². The molecule has 26 heavy (non-hydrogen) atoms. The van der Waals surface area contributed by atoms with Crippen molar-refractivity contribution in [2.24, 2.45) is 5.73 Å². The lowest BCUT2D eigenvalue weighted by Gasteiger charge is -2.34. The van der Waals surface area contributed by atoms with E-state index in [1.165, 1.54) is 14.2 Å². The Kier molecular flexibility index (Phi) is 7.16. The van der Waals surface area contributed by atoms with Crippen LogP contribution in [0.2, 0.25) is 0 Å². The summed E-state index contributed by atoms with van der Waals surface area (Å²) in [5, 5.41) is 10.3. The molecule has 0 bridgehead atoms.